The molecular weight excluding hydrogens is 411 g/mol. The summed E-state index contributed by atoms with van der Waals surface area (Å²) in [5.41, 5.74) is -1.35. The fourth-order valence-corrected chi connectivity index (χ4v) is 4.37. The van der Waals surface area contributed by atoms with Crippen LogP contribution in [0.1, 0.15) is 12.8 Å². The number of piperidine rings is 1. The molecule has 0 bridgehead atoms. The SMILES string of the molecule is NS(=O)(=O)N1CCC2(CC1)C(COc1cccc(OCC(F)(F)F)c1)C2(F)F. The molecule has 1 aromatic rings. The van der Waals surface area contributed by atoms with E-state index in [-0.39, 0.29) is 44.0 Å². The maximum absolute atomic E-state index is 14.4. The van der Waals surface area contributed by atoms with Crippen molar-refractivity contribution in [1.29, 1.82) is 0 Å². The van der Waals surface area contributed by atoms with E-state index in [0.29, 0.717) is 0 Å². The number of rotatable bonds is 6. The van der Waals surface area contributed by atoms with Gasteiger partial charge in [-0.05, 0) is 25.0 Å². The first kappa shape index (κ1) is 21.1. The van der Waals surface area contributed by atoms with Crippen LogP contribution < -0.4 is 14.6 Å². The van der Waals surface area contributed by atoms with Crippen LogP contribution in [0.2, 0.25) is 0 Å². The van der Waals surface area contributed by atoms with E-state index in [4.69, 9.17) is 9.88 Å². The Morgan fingerprint density at radius 1 is 1.14 bits per heavy atom. The van der Waals surface area contributed by atoms with E-state index >= 15 is 0 Å². The standard InChI is InChI=1S/C16H19F5N2O4S/c17-15(18,19)10-27-12-3-1-2-11(8-12)26-9-13-14(16(13,20)21)4-6-23(7-5-14)28(22,24)25/h1-3,8,13H,4-7,9-10H2,(H2,22,24,25). The van der Waals surface area contributed by atoms with Gasteiger partial charge in [-0.15, -0.1) is 0 Å². The molecule has 0 aromatic heterocycles. The third-order valence-corrected chi connectivity index (χ3v) is 6.37. The summed E-state index contributed by atoms with van der Waals surface area (Å²) in [5, 5.41) is 5.03. The zero-order valence-electron chi connectivity index (χ0n) is 14.6. The molecule has 0 radical (unpaired) electrons. The van der Waals surface area contributed by atoms with Crippen molar-refractivity contribution in [1.82, 2.24) is 4.31 Å². The van der Waals surface area contributed by atoms with Gasteiger partial charge in [0.15, 0.2) is 6.61 Å². The van der Waals surface area contributed by atoms with Gasteiger partial charge in [0.2, 0.25) is 0 Å². The van der Waals surface area contributed by atoms with Crippen LogP contribution >= 0.6 is 0 Å². The lowest BCUT2D eigenvalue weighted by atomic mass is 9.91. The highest BCUT2D eigenvalue weighted by Gasteiger charge is 2.80. The summed E-state index contributed by atoms with van der Waals surface area (Å²) in [6.45, 7) is -2.00. The molecule has 1 saturated carbocycles. The lowest BCUT2D eigenvalue weighted by molar-refractivity contribution is -0.153. The maximum Gasteiger partial charge on any atom is 0.422 e. The van der Waals surface area contributed by atoms with E-state index in [1.807, 2.05) is 0 Å². The summed E-state index contributed by atoms with van der Waals surface area (Å²) in [6.07, 6.45) is -4.58. The van der Waals surface area contributed by atoms with Crippen molar-refractivity contribution in [2.45, 2.75) is 24.9 Å². The Hall–Kier alpha value is -1.66. The molecule has 2 aliphatic rings. The lowest BCUT2D eigenvalue weighted by Crippen LogP contribution is -2.44. The molecule has 2 N–H and O–H groups in total. The fraction of sp³-hybridized carbons (Fsp3) is 0.625. The van der Waals surface area contributed by atoms with Crippen LogP contribution in [0.3, 0.4) is 0 Å². The average Bonchev–Trinajstić information content (AvgIpc) is 3.03. The smallest absolute Gasteiger partial charge is 0.422 e. The zero-order chi connectivity index (χ0) is 20.8. The van der Waals surface area contributed by atoms with Crippen molar-refractivity contribution in [3.8, 4) is 11.5 Å². The van der Waals surface area contributed by atoms with E-state index in [2.05, 4.69) is 4.74 Å². The van der Waals surface area contributed by atoms with Gasteiger partial charge in [-0.2, -0.15) is 25.9 Å². The fourth-order valence-electron chi connectivity index (χ4n) is 3.68. The van der Waals surface area contributed by atoms with E-state index in [1.54, 1.807) is 0 Å². The number of alkyl halides is 5. The van der Waals surface area contributed by atoms with Crippen LogP contribution in [0.15, 0.2) is 24.3 Å². The normalized spacial score (nSPS) is 24.1. The Balaban J connectivity index is 1.58. The highest BCUT2D eigenvalue weighted by Crippen LogP contribution is 2.70. The van der Waals surface area contributed by atoms with E-state index in [0.717, 1.165) is 4.31 Å². The number of hydrogen-bond acceptors (Lipinski definition) is 4. The Morgan fingerprint density at radius 2 is 1.71 bits per heavy atom. The van der Waals surface area contributed by atoms with Crippen molar-refractivity contribution < 1.29 is 39.8 Å². The summed E-state index contributed by atoms with van der Waals surface area (Å²) in [4.78, 5) is 0. The molecule has 3 rings (SSSR count). The van der Waals surface area contributed by atoms with Crippen molar-refractivity contribution >= 4 is 10.2 Å². The van der Waals surface area contributed by atoms with Crippen LogP contribution in [0.5, 0.6) is 11.5 Å². The van der Waals surface area contributed by atoms with Crippen LogP contribution in [0.25, 0.3) is 0 Å². The van der Waals surface area contributed by atoms with Gasteiger partial charge >= 0.3 is 6.18 Å². The van der Waals surface area contributed by atoms with Gasteiger partial charge in [-0.3, -0.25) is 0 Å². The van der Waals surface area contributed by atoms with Crippen molar-refractivity contribution in [2.75, 3.05) is 26.3 Å². The van der Waals surface area contributed by atoms with Gasteiger partial charge in [0.1, 0.15) is 11.5 Å². The number of nitrogens with two attached hydrogens (primary N) is 1. The molecule has 2 fully saturated rings. The molecule has 12 heteroatoms. The molecule has 1 aromatic carbocycles. The second-order valence-corrected chi connectivity index (χ2v) is 8.51. The van der Waals surface area contributed by atoms with Crippen LogP contribution in [-0.2, 0) is 10.2 Å². The van der Waals surface area contributed by atoms with Gasteiger partial charge < -0.3 is 9.47 Å². The first-order valence-corrected chi connectivity index (χ1v) is 9.94. The van der Waals surface area contributed by atoms with Crippen LogP contribution in [0.4, 0.5) is 22.0 Å². The molecule has 1 atom stereocenters. The largest absolute Gasteiger partial charge is 0.493 e. The van der Waals surface area contributed by atoms with Crippen LogP contribution in [0, 0.1) is 11.3 Å². The number of halogens is 5. The topological polar surface area (TPSA) is 81.9 Å². The highest BCUT2D eigenvalue weighted by atomic mass is 32.2. The maximum atomic E-state index is 14.4. The molecule has 1 spiro atoms. The van der Waals surface area contributed by atoms with Crippen molar-refractivity contribution in [3.63, 3.8) is 0 Å². The molecule has 1 aliphatic carbocycles. The molecular formula is C16H19F5N2O4S. The Kier molecular flexibility index (Phi) is 5.26. The first-order chi connectivity index (χ1) is 12.9. The van der Waals surface area contributed by atoms with Crippen molar-refractivity contribution in [3.05, 3.63) is 24.3 Å². The zero-order valence-corrected chi connectivity index (χ0v) is 15.4. The highest BCUT2D eigenvalue weighted by molar-refractivity contribution is 7.86. The number of nitrogens with zero attached hydrogens (tertiary/aromatic N) is 1. The first-order valence-electron chi connectivity index (χ1n) is 8.43. The van der Waals surface area contributed by atoms with Gasteiger partial charge in [-0.1, -0.05) is 6.07 Å². The molecule has 0 amide bonds. The number of benzene rings is 1. The minimum absolute atomic E-state index is 0.0425. The summed E-state index contributed by atoms with van der Waals surface area (Å²) in [6, 6.07) is 5.32. The Labute approximate surface area is 158 Å². The predicted octanol–water partition coefficient (Wildman–Crippen LogP) is 2.56. The minimum atomic E-state index is -4.49. The number of hydrogen-bond donors (Lipinski definition) is 1. The Bertz CT molecular complexity index is 823. The van der Waals surface area contributed by atoms with Crippen LogP contribution in [-0.4, -0.2) is 51.1 Å². The van der Waals surface area contributed by atoms with Crippen molar-refractivity contribution in [2.24, 2.45) is 16.5 Å². The van der Waals surface area contributed by atoms with Gasteiger partial charge in [0.25, 0.3) is 16.1 Å². The van der Waals surface area contributed by atoms with E-state index < -0.39 is 40.2 Å². The van der Waals surface area contributed by atoms with Gasteiger partial charge in [0, 0.05) is 24.6 Å². The summed E-state index contributed by atoms with van der Waals surface area (Å²) in [5.74, 6) is -4.10. The monoisotopic (exact) mass is 430 g/mol. The molecule has 1 aliphatic heterocycles. The molecule has 1 saturated heterocycles. The van der Waals surface area contributed by atoms with Gasteiger partial charge in [0.05, 0.1) is 12.5 Å². The molecule has 28 heavy (non-hydrogen) atoms. The number of ether oxygens (including phenoxy) is 2. The quantitative estimate of drug-likeness (QED) is 0.704. The summed E-state index contributed by atoms with van der Waals surface area (Å²) < 4.78 is 98.9. The third kappa shape index (κ3) is 4.18. The van der Waals surface area contributed by atoms with Gasteiger partial charge in [-0.25, -0.2) is 13.9 Å². The molecule has 1 unspecified atom stereocenters. The Morgan fingerprint density at radius 3 is 2.25 bits per heavy atom. The minimum Gasteiger partial charge on any atom is -0.493 e. The molecule has 1 heterocycles. The van der Waals surface area contributed by atoms with E-state index in [1.165, 1.54) is 24.3 Å². The lowest BCUT2D eigenvalue weighted by Gasteiger charge is -2.30. The second-order valence-electron chi connectivity index (χ2n) is 6.97. The summed E-state index contributed by atoms with van der Waals surface area (Å²) in [7, 11) is -3.92. The third-order valence-electron chi connectivity index (χ3n) is 5.28. The van der Waals surface area contributed by atoms with E-state index in [9.17, 15) is 30.4 Å². The summed E-state index contributed by atoms with van der Waals surface area (Å²) >= 11 is 0. The molecule has 6 nitrogen and oxygen atoms in total. The average molecular weight is 430 g/mol. The predicted molar refractivity (Wildman–Crippen MR) is 88.3 cm³/mol. The molecule has 158 valence electrons. The second kappa shape index (κ2) is 6.99.